The molecule has 0 aliphatic carbocycles. The third-order valence-corrected chi connectivity index (χ3v) is 4.94. The molecule has 6 heteroatoms. The van der Waals surface area contributed by atoms with Gasteiger partial charge >= 0.3 is 5.97 Å². The summed E-state index contributed by atoms with van der Waals surface area (Å²) < 4.78 is 5.35. The zero-order chi connectivity index (χ0) is 20.7. The number of phenols is 2. The van der Waals surface area contributed by atoms with Crippen LogP contribution in [0, 0.1) is 10.8 Å². The van der Waals surface area contributed by atoms with Crippen molar-refractivity contribution >= 4 is 11.9 Å². The predicted octanol–water partition coefficient (Wildman–Crippen LogP) is 3.89. The molecule has 1 atom stereocenters. The number of unbranched alkanes of at least 4 members (excludes halogenated alkanes) is 1. The molecule has 0 aliphatic rings. The van der Waals surface area contributed by atoms with Crippen molar-refractivity contribution in [1.82, 2.24) is 5.32 Å². The Balaban J connectivity index is 2.75. The van der Waals surface area contributed by atoms with E-state index in [-0.39, 0.29) is 29.9 Å². The Kier molecular flexibility index (Phi) is 8.13. The number of aromatic hydroxyl groups is 2. The number of hydrogen-bond donors (Lipinski definition) is 3. The summed E-state index contributed by atoms with van der Waals surface area (Å²) >= 11 is 0. The molecule has 0 saturated heterocycles. The van der Waals surface area contributed by atoms with Gasteiger partial charge < -0.3 is 20.3 Å². The molecule has 1 amide bonds. The molecule has 0 aromatic heterocycles. The lowest BCUT2D eigenvalue weighted by Gasteiger charge is -2.34. The van der Waals surface area contributed by atoms with Crippen molar-refractivity contribution in [1.29, 1.82) is 0 Å². The van der Waals surface area contributed by atoms with E-state index in [1.165, 1.54) is 12.1 Å². The normalized spacial score (nSPS) is 13.7. The highest BCUT2D eigenvalue weighted by atomic mass is 16.5. The molecule has 1 rings (SSSR count). The molecule has 27 heavy (non-hydrogen) atoms. The third-order valence-electron chi connectivity index (χ3n) is 4.94. The fourth-order valence-electron chi connectivity index (χ4n) is 2.99. The van der Waals surface area contributed by atoms with Gasteiger partial charge in [0.05, 0.1) is 12.0 Å². The second-order valence-corrected chi connectivity index (χ2v) is 7.97. The number of carbonyl (C=O) groups excluding carboxylic acids is 2. The fourth-order valence-corrected chi connectivity index (χ4v) is 2.99. The molecule has 152 valence electrons. The quantitative estimate of drug-likeness (QED) is 0.326. The monoisotopic (exact) mass is 379 g/mol. The maximum absolute atomic E-state index is 12.8. The minimum atomic E-state index is -0.771. The van der Waals surface area contributed by atoms with Gasteiger partial charge in [0.15, 0.2) is 11.5 Å². The Hall–Kier alpha value is -2.24. The van der Waals surface area contributed by atoms with Gasteiger partial charge in [-0.3, -0.25) is 9.59 Å². The largest absolute Gasteiger partial charge is 0.504 e. The van der Waals surface area contributed by atoms with Gasteiger partial charge in [-0.25, -0.2) is 0 Å². The summed E-state index contributed by atoms with van der Waals surface area (Å²) in [6.07, 6.45) is 2.72. The van der Waals surface area contributed by atoms with E-state index in [4.69, 9.17) is 4.74 Å². The highest BCUT2D eigenvalue weighted by molar-refractivity contribution is 5.84. The molecule has 3 N–H and O–H groups in total. The highest BCUT2D eigenvalue weighted by Gasteiger charge is 2.41. The Labute approximate surface area is 161 Å². The lowest BCUT2D eigenvalue weighted by atomic mass is 9.71. The first-order chi connectivity index (χ1) is 12.6. The minimum absolute atomic E-state index is 0.160. The molecular formula is C21H33NO5. The van der Waals surface area contributed by atoms with Crippen molar-refractivity contribution in [3.05, 3.63) is 23.8 Å². The summed E-state index contributed by atoms with van der Waals surface area (Å²) in [6.45, 7) is 10.0. The lowest BCUT2D eigenvalue weighted by Crippen LogP contribution is -2.43. The first-order valence-corrected chi connectivity index (χ1v) is 9.52. The van der Waals surface area contributed by atoms with Crippen molar-refractivity contribution < 1.29 is 24.5 Å². The van der Waals surface area contributed by atoms with Gasteiger partial charge in [0, 0.05) is 12.0 Å². The van der Waals surface area contributed by atoms with Crippen LogP contribution in [0.15, 0.2) is 18.2 Å². The van der Waals surface area contributed by atoms with Gasteiger partial charge in [0.2, 0.25) is 5.91 Å². The van der Waals surface area contributed by atoms with E-state index in [0.717, 1.165) is 12.8 Å². The van der Waals surface area contributed by atoms with Gasteiger partial charge in [-0.1, -0.05) is 33.3 Å². The average molecular weight is 379 g/mol. The minimum Gasteiger partial charge on any atom is -0.504 e. The summed E-state index contributed by atoms with van der Waals surface area (Å²) in [4.78, 5) is 25.2. The van der Waals surface area contributed by atoms with Crippen LogP contribution in [0.5, 0.6) is 11.5 Å². The van der Waals surface area contributed by atoms with E-state index in [1.54, 1.807) is 19.9 Å². The van der Waals surface area contributed by atoms with E-state index in [0.29, 0.717) is 25.0 Å². The van der Waals surface area contributed by atoms with Crippen molar-refractivity contribution in [2.75, 3.05) is 6.61 Å². The van der Waals surface area contributed by atoms with Gasteiger partial charge in [0.1, 0.15) is 0 Å². The highest BCUT2D eigenvalue weighted by Crippen LogP contribution is 2.38. The van der Waals surface area contributed by atoms with Crippen LogP contribution >= 0.6 is 0 Å². The summed E-state index contributed by atoms with van der Waals surface area (Å²) in [6, 6.07) is 4.42. The predicted molar refractivity (Wildman–Crippen MR) is 104 cm³/mol. The molecule has 0 fully saturated rings. The fraction of sp³-hybridized carbons (Fsp3) is 0.619. The van der Waals surface area contributed by atoms with Crippen molar-refractivity contribution in [3.63, 3.8) is 0 Å². The molecular weight excluding hydrogens is 346 g/mol. The Morgan fingerprint density at radius 2 is 1.78 bits per heavy atom. The summed E-state index contributed by atoms with van der Waals surface area (Å²) in [5, 5.41) is 21.8. The second-order valence-electron chi connectivity index (χ2n) is 7.97. The number of ether oxygens (including phenoxy) is 1. The topological polar surface area (TPSA) is 95.9 Å². The molecule has 0 spiro atoms. The molecule has 0 radical (unpaired) electrons. The van der Waals surface area contributed by atoms with Crippen LogP contribution in [-0.4, -0.2) is 28.7 Å². The van der Waals surface area contributed by atoms with Crippen molar-refractivity contribution in [2.45, 2.75) is 66.8 Å². The zero-order valence-electron chi connectivity index (χ0n) is 17.1. The van der Waals surface area contributed by atoms with E-state index >= 15 is 0 Å². The molecule has 0 aliphatic heterocycles. The molecule has 1 aromatic carbocycles. The lowest BCUT2D eigenvalue weighted by molar-refractivity contribution is -0.157. The summed E-state index contributed by atoms with van der Waals surface area (Å²) in [5.41, 5.74) is -0.825. The number of hydrogen-bond acceptors (Lipinski definition) is 5. The van der Waals surface area contributed by atoms with Crippen LogP contribution < -0.4 is 5.32 Å². The Bertz CT molecular complexity index is 656. The number of nitrogens with one attached hydrogen (secondary N) is 1. The SMILES string of the molecule is CCCCOC(=O)C(C)(C)CC(C)(CC)C(=O)NCc1ccc(O)c(O)c1. The van der Waals surface area contributed by atoms with Crippen LogP contribution in [0.25, 0.3) is 0 Å². The third kappa shape index (κ3) is 6.45. The first-order valence-electron chi connectivity index (χ1n) is 9.52. The number of carbonyl (C=O) groups is 2. The van der Waals surface area contributed by atoms with Crippen LogP contribution in [0.1, 0.15) is 65.9 Å². The van der Waals surface area contributed by atoms with Crippen LogP contribution in [0.4, 0.5) is 0 Å². The maximum atomic E-state index is 12.8. The number of esters is 1. The number of amides is 1. The second kappa shape index (κ2) is 9.62. The molecule has 0 saturated carbocycles. The summed E-state index contributed by atoms with van der Waals surface area (Å²) in [7, 11) is 0. The number of phenolic OH excluding ortho intramolecular Hbond substituents is 2. The van der Waals surface area contributed by atoms with Crippen LogP contribution in [0.3, 0.4) is 0 Å². The van der Waals surface area contributed by atoms with Crippen LogP contribution in [0.2, 0.25) is 0 Å². The summed E-state index contributed by atoms with van der Waals surface area (Å²) in [5.74, 6) is -0.873. The van der Waals surface area contributed by atoms with E-state index in [1.807, 2.05) is 20.8 Å². The smallest absolute Gasteiger partial charge is 0.311 e. The van der Waals surface area contributed by atoms with E-state index < -0.39 is 10.8 Å². The van der Waals surface area contributed by atoms with Crippen molar-refractivity contribution in [3.8, 4) is 11.5 Å². The van der Waals surface area contributed by atoms with Gasteiger partial charge in [-0.15, -0.1) is 0 Å². The van der Waals surface area contributed by atoms with Gasteiger partial charge in [-0.05, 0) is 50.8 Å². The molecule has 0 bridgehead atoms. The molecule has 1 unspecified atom stereocenters. The van der Waals surface area contributed by atoms with Gasteiger partial charge in [-0.2, -0.15) is 0 Å². The van der Waals surface area contributed by atoms with Crippen LogP contribution in [-0.2, 0) is 20.9 Å². The Morgan fingerprint density at radius 3 is 2.33 bits per heavy atom. The first kappa shape index (κ1) is 22.8. The van der Waals surface area contributed by atoms with Gasteiger partial charge in [0.25, 0.3) is 0 Å². The zero-order valence-corrected chi connectivity index (χ0v) is 17.1. The van der Waals surface area contributed by atoms with Crippen molar-refractivity contribution in [2.24, 2.45) is 10.8 Å². The molecule has 6 nitrogen and oxygen atoms in total. The average Bonchev–Trinajstić information content (AvgIpc) is 2.61. The molecule has 1 aromatic rings. The standard InChI is InChI=1S/C21H33NO5/c1-6-8-11-27-19(26)20(3,4)14-21(5,7-2)18(25)22-13-15-9-10-16(23)17(24)12-15/h9-10,12,23-24H,6-8,11,13-14H2,1-5H3,(H,22,25). The van der Waals surface area contributed by atoms with E-state index in [2.05, 4.69) is 5.32 Å². The number of benzene rings is 1. The van der Waals surface area contributed by atoms with E-state index in [9.17, 15) is 19.8 Å². The number of rotatable bonds is 10. The maximum Gasteiger partial charge on any atom is 0.311 e. The molecule has 0 heterocycles. The Morgan fingerprint density at radius 1 is 1.11 bits per heavy atom.